The first kappa shape index (κ1) is 23.4. The van der Waals surface area contributed by atoms with Crippen molar-refractivity contribution in [3.05, 3.63) is 48.6 Å². The summed E-state index contributed by atoms with van der Waals surface area (Å²) < 4.78 is 0. The molecule has 0 bridgehead atoms. The largest absolute Gasteiger partial charge is 0.394 e. The normalized spacial score (nSPS) is 21.0. The van der Waals surface area contributed by atoms with Gasteiger partial charge >= 0.3 is 0 Å². The zero-order chi connectivity index (χ0) is 19.7. The summed E-state index contributed by atoms with van der Waals surface area (Å²) in [6, 6.07) is -0.145. The molecule has 0 aromatic rings. The highest BCUT2D eigenvalue weighted by molar-refractivity contribution is 5.76. The molecule has 27 heavy (non-hydrogen) atoms. The topological polar surface area (TPSA) is 49.3 Å². The number of hydrogen-bond donors (Lipinski definition) is 2. The maximum atomic E-state index is 11.6. The van der Waals surface area contributed by atoms with Crippen LogP contribution in [0.2, 0.25) is 0 Å². The average molecular weight is 374 g/mol. The Morgan fingerprint density at radius 3 is 2.22 bits per heavy atom. The van der Waals surface area contributed by atoms with Crippen LogP contribution in [-0.4, -0.2) is 23.7 Å². The second-order valence-corrected chi connectivity index (χ2v) is 7.54. The minimum atomic E-state index is -0.145. The van der Waals surface area contributed by atoms with Crippen molar-refractivity contribution in [2.24, 2.45) is 11.8 Å². The van der Waals surface area contributed by atoms with Crippen molar-refractivity contribution in [1.82, 2.24) is 5.32 Å². The number of aliphatic hydroxyl groups is 1. The predicted octanol–water partition coefficient (Wildman–Crippen LogP) is 5.49. The van der Waals surface area contributed by atoms with Gasteiger partial charge in [-0.15, -0.1) is 0 Å². The van der Waals surface area contributed by atoms with E-state index in [2.05, 4.69) is 60.8 Å². The monoisotopic (exact) mass is 373 g/mol. The third-order valence-corrected chi connectivity index (χ3v) is 4.85. The summed E-state index contributed by atoms with van der Waals surface area (Å²) >= 11 is 0. The molecule has 0 saturated heterocycles. The number of allylic oxidation sites excluding steroid dienone is 8. The van der Waals surface area contributed by atoms with Gasteiger partial charge < -0.3 is 10.4 Å². The van der Waals surface area contributed by atoms with E-state index in [9.17, 15) is 4.79 Å². The van der Waals surface area contributed by atoms with Crippen LogP contribution in [0, 0.1) is 11.8 Å². The summed E-state index contributed by atoms with van der Waals surface area (Å²) in [5.41, 5.74) is 0. The van der Waals surface area contributed by atoms with Gasteiger partial charge in [0, 0.05) is 12.5 Å². The molecule has 3 nitrogen and oxygen atoms in total. The third-order valence-electron chi connectivity index (χ3n) is 4.85. The fraction of sp³-hybridized carbons (Fsp3) is 0.625. The molecule has 2 N–H and O–H groups in total. The number of amides is 1. The number of unbranched alkanes of at least 4 members (excludes halogenated alkanes) is 1. The van der Waals surface area contributed by atoms with E-state index < -0.39 is 0 Å². The van der Waals surface area contributed by atoms with Crippen LogP contribution in [0.5, 0.6) is 0 Å². The van der Waals surface area contributed by atoms with Gasteiger partial charge in [-0.05, 0) is 70.1 Å². The number of aliphatic hydroxyl groups excluding tert-OH is 1. The van der Waals surface area contributed by atoms with Crippen LogP contribution in [0.25, 0.3) is 0 Å². The van der Waals surface area contributed by atoms with E-state index >= 15 is 0 Å². The van der Waals surface area contributed by atoms with Crippen molar-refractivity contribution in [3.63, 3.8) is 0 Å². The lowest BCUT2D eigenvalue weighted by Crippen LogP contribution is -2.34. The summed E-state index contributed by atoms with van der Waals surface area (Å²) in [5, 5.41) is 11.7. The maximum Gasteiger partial charge on any atom is 0.220 e. The SMILES string of the molecule is CC/C=C\C/C=C\C/C=C\CC1CC1C/C=C\CCCC(=O)NC(C)CO. The number of carbonyl (C=O) groups is 1. The van der Waals surface area contributed by atoms with E-state index in [-0.39, 0.29) is 18.6 Å². The molecule has 0 heterocycles. The van der Waals surface area contributed by atoms with E-state index in [1.807, 2.05) is 6.92 Å². The lowest BCUT2D eigenvalue weighted by Gasteiger charge is -2.09. The van der Waals surface area contributed by atoms with Gasteiger partial charge in [-0.1, -0.05) is 55.5 Å². The summed E-state index contributed by atoms with van der Waals surface area (Å²) in [6.45, 7) is 3.96. The van der Waals surface area contributed by atoms with Gasteiger partial charge in [-0.3, -0.25) is 4.79 Å². The highest BCUT2D eigenvalue weighted by Gasteiger charge is 2.34. The van der Waals surface area contributed by atoms with Crippen LogP contribution in [0.4, 0.5) is 0 Å². The lowest BCUT2D eigenvalue weighted by molar-refractivity contribution is -0.122. The maximum absolute atomic E-state index is 11.6. The van der Waals surface area contributed by atoms with Gasteiger partial charge in [0.25, 0.3) is 0 Å². The molecule has 0 aliphatic heterocycles. The first-order chi connectivity index (χ1) is 13.2. The van der Waals surface area contributed by atoms with Gasteiger partial charge in [0.15, 0.2) is 0 Å². The highest BCUT2D eigenvalue weighted by Crippen LogP contribution is 2.44. The van der Waals surface area contributed by atoms with Crippen LogP contribution in [0.1, 0.15) is 71.6 Å². The fourth-order valence-corrected chi connectivity index (χ4v) is 3.03. The minimum Gasteiger partial charge on any atom is -0.394 e. The van der Waals surface area contributed by atoms with Gasteiger partial charge in [-0.2, -0.15) is 0 Å². The molecule has 1 fully saturated rings. The zero-order valence-corrected chi connectivity index (χ0v) is 17.3. The summed E-state index contributed by atoms with van der Waals surface area (Å²) in [5.74, 6) is 1.76. The standard InChI is InChI=1S/C24H39NO2/c1-3-4-5-6-7-8-9-10-13-16-22-19-23(22)17-14-11-12-15-18-24(27)25-21(2)20-26/h4-5,7-8,10-11,13-14,21-23,26H,3,6,9,12,15-20H2,1-2H3,(H,25,27)/b5-4-,8-7-,13-10-,14-11-. The Bertz CT molecular complexity index is 505. The Morgan fingerprint density at radius 1 is 1.00 bits per heavy atom. The van der Waals surface area contributed by atoms with Crippen LogP contribution < -0.4 is 5.32 Å². The first-order valence-electron chi connectivity index (χ1n) is 10.7. The van der Waals surface area contributed by atoms with Crippen molar-refractivity contribution >= 4 is 5.91 Å². The quantitative estimate of drug-likeness (QED) is 0.295. The van der Waals surface area contributed by atoms with Crippen LogP contribution in [0.15, 0.2) is 48.6 Å². The molecular formula is C24H39NO2. The lowest BCUT2D eigenvalue weighted by atomic mass is 10.1. The number of hydrogen-bond acceptors (Lipinski definition) is 2. The number of carbonyl (C=O) groups excluding carboxylic acids is 1. The molecule has 152 valence electrons. The van der Waals surface area contributed by atoms with E-state index in [0.29, 0.717) is 6.42 Å². The fourth-order valence-electron chi connectivity index (χ4n) is 3.03. The summed E-state index contributed by atoms with van der Waals surface area (Å²) in [4.78, 5) is 11.6. The summed E-state index contributed by atoms with van der Waals surface area (Å²) in [7, 11) is 0. The van der Waals surface area contributed by atoms with Crippen LogP contribution in [0.3, 0.4) is 0 Å². The first-order valence-corrected chi connectivity index (χ1v) is 10.7. The van der Waals surface area contributed by atoms with Gasteiger partial charge in [0.1, 0.15) is 0 Å². The smallest absolute Gasteiger partial charge is 0.220 e. The molecule has 0 aromatic heterocycles. The highest BCUT2D eigenvalue weighted by atomic mass is 16.3. The molecule has 1 aliphatic carbocycles. The molecule has 1 amide bonds. The van der Waals surface area contributed by atoms with E-state index in [1.54, 1.807) is 0 Å². The molecule has 0 spiro atoms. The zero-order valence-electron chi connectivity index (χ0n) is 17.3. The molecule has 0 radical (unpaired) electrons. The molecule has 3 unspecified atom stereocenters. The Morgan fingerprint density at radius 2 is 1.59 bits per heavy atom. The van der Waals surface area contributed by atoms with E-state index in [0.717, 1.165) is 43.9 Å². The molecule has 3 heteroatoms. The number of nitrogens with one attached hydrogen (secondary N) is 1. The van der Waals surface area contributed by atoms with Crippen molar-refractivity contribution < 1.29 is 9.90 Å². The van der Waals surface area contributed by atoms with Gasteiger partial charge in [-0.25, -0.2) is 0 Å². The van der Waals surface area contributed by atoms with E-state index in [1.165, 1.54) is 19.3 Å². The Kier molecular flexibility index (Phi) is 13.4. The average Bonchev–Trinajstić information content (AvgIpc) is 3.41. The molecule has 1 saturated carbocycles. The third kappa shape index (κ3) is 13.2. The van der Waals surface area contributed by atoms with E-state index in [4.69, 9.17) is 5.11 Å². The second kappa shape index (κ2) is 15.4. The van der Waals surface area contributed by atoms with Gasteiger partial charge in [0.05, 0.1) is 6.61 Å². The predicted molar refractivity (Wildman–Crippen MR) is 115 cm³/mol. The van der Waals surface area contributed by atoms with Crippen molar-refractivity contribution in [1.29, 1.82) is 0 Å². The molecule has 1 rings (SSSR count). The molecule has 1 aliphatic rings. The summed E-state index contributed by atoms with van der Waals surface area (Å²) in [6.07, 6.45) is 27.3. The minimum absolute atomic E-state index is 0.00324. The van der Waals surface area contributed by atoms with Crippen molar-refractivity contribution in [2.75, 3.05) is 6.61 Å². The van der Waals surface area contributed by atoms with Crippen LogP contribution >= 0.6 is 0 Å². The number of rotatable bonds is 15. The molecule has 3 atom stereocenters. The second-order valence-electron chi connectivity index (χ2n) is 7.54. The Balaban J connectivity index is 1.97. The van der Waals surface area contributed by atoms with Crippen LogP contribution in [-0.2, 0) is 4.79 Å². The van der Waals surface area contributed by atoms with Crippen molar-refractivity contribution in [2.45, 2.75) is 77.7 Å². The Labute approximate surface area is 166 Å². The molecular weight excluding hydrogens is 334 g/mol. The van der Waals surface area contributed by atoms with Gasteiger partial charge in [0.2, 0.25) is 5.91 Å². The van der Waals surface area contributed by atoms with Crippen molar-refractivity contribution in [3.8, 4) is 0 Å². The molecule has 0 aromatic carbocycles. The Hall–Kier alpha value is -1.61.